The van der Waals surface area contributed by atoms with Gasteiger partial charge in [-0.2, -0.15) is 0 Å². The van der Waals surface area contributed by atoms with Crippen molar-refractivity contribution in [3.8, 4) is 0 Å². The molecule has 0 aromatic heterocycles. The fourth-order valence-corrected chi connectivity index (χ4v) is 5.33. The van der Waals surface area contributed by atoms with E-state index in [0.29, 0.717) is 12.1 Å². The van der Waals surface area contributed by atoms with Gasteiger partial charge in [0, 0.05) is 31.5 Å². The molecule has 2 aliphatic heterocycles. The first-order valence-electron chi connectivity index (χ1n) is 11.3. The van der Waals surface area contributed by atoms with Crippen LogP contribution in [0.25, 0.3) is 0 Å². The standard InChI is InChI=1S/C26H29FN2O3S/c27-22-10-8-20(9-11-22)5-3-17-33-25-24(26(30)31)7-2-12-29(25)19-21-4-1-6-23(18-21)28-13-15-32-16-14-28/h1-2,4,6-12,18,25H,3,5,13-17,19H2,(H,30,31). The highest BCUT2D eigenvalue weighted by atomic mass is 32.2. The lowest BCUT2D eigenvalue weighted by Gasteiger charge is -2.33. The molecule has 1 atom stereocenters. The van der Waals surface area contributed by atoms with Crippen molar-refractivity contribution < 1.29 is 19.0 Å². The van der Waals surface area contributed by atoms with Crippen molar-refractivity contribution in [3.05, 3.63) is 89.4 Å². The van der Waals surface area contributed by atoms with E-state index in [1.807, 2.05) is 12.3 Å². The number of carbonyl (C=O) groups is 1. The van der Waals surface area contributed by atoms with Crippen molar-refractivity contribution in [1.29, 1.82) is 0 Å². The molecular weight excluding hydrogens is 439 g/mol. The number of hydrogen-bond donors (Lipinski definition) is 1. The lowest BCUT2D eigenvalue weighted by Crippen LogP contribution is -2.36. The number of allylic oxidation sites excluding steroid dienone is 2. The first kappa shape index (κ1) is 23.4. The number of ether oxygens (including phenoxy) is 1. The van der Waals surface area contributed by atoms with Gasteiger partial charge in [0.05, 0.1) is 18.8 Å². The zero-order valence-corrected chi connectivity index (χ0v) is 19.3. The first-order chi connectivity index (χ1) is 16.1. The van der Waals surface area contributed by atoms with Crippen LogP contribution >= 0.6 is 11.8 Å². The number of benzene rings is 2. The number of aryl methyl sites for hydroxylation is 1. The van der Waals surface area contributed by atoms with Crippen LogP contribution in [0.1, 0.15) is 17.5 Å². The van der Waals surface area contributed by atoms with E-state index >= 15 is 0 Å². The van der Waals surface area contributed by atoms with Crippen LogP contribution < -0.4 is 4.90 Å². The Morgan fingerprint density at radius 2 is 1.91 bits per heavy atom. The van der Waals surface area contributed by atoms with Gasteiger partial charge in [-0.25, -0.2) is 9.18 Å². The maximum atomic E-state index is 13.1. The summed E-state index contributed by atoms with van der Waals surface area (Å²) in [6.07, 6.45) is 7.21. The molecule has 2 aliphatic rings. The third-order valence-electron chi connectivity index (χ3n) is 5.82. The summed E-state index contributed by atoms with van der Waals surface area (Å²) in [5, 5.41) is 9.51. The lowest BCUT2D eigenvalue weighted by atomic mass is 10.1. The summed E-state index contributed by atoms with van der Waals surface area (Å²) >= 11 is 1.64. The molecule has 0 spiro atoms. The van der Waals surface area contributed by atoms with E-state index in [-0.39, 0.29) is 11.2 Å². The molecule has 174 valence electrons. The van der Waals surface area contributed by atoms with Gasteiger partial charge in [-0.3, -0.25) is 0 Å². The number of halogens is 1. The molecule has 1 fully saturated rings. The second-order valence-corrected chi connectivity index (χ2v) is 9.35. The predicted octanol–water partition coefficient (Wildman–Crippen LogP) is 4.69. The number of hydrogen-bond acceptors (Lipinski definition) is 5. The largest absolute Gasteiger partial charge is 0.478 e. The molecule has 1 N–H and O–H groups in total. The van der Waals surface area contributed by atoms with Gasteiger partial charge >= 0.3 is 5.97 Å². The molecule has 4 rings (SSSR count). The van der Waals surface area contributed by atoms with E-state index in [9.17, 15) is 14.3 Å². The number of carboxylic acids is 1. The summed E-state index contributed by atoms with van der Waals surface area (Å²) < 4.78 is 18.6. The molecule has 33 heavy (non-hydrogen) atoms. The van der Waals surface area contributed by atoms with Gasteiger partial charge in [-0.15, -0.1) is 11.8 Å². The van der Waals surface area contributed by atoms with Gasteiger partial charge in [-0.1, -0.05) is 24.3 Å². The molecule has 2 aromatic carbocycles. The fourth-order valence-electron chi connectivity index (χ4n) is 4.10. The summed E-state index contributed by atoms with van der Waals surface area (Å²) in [6, 6.07) is 15.0. The summed E-state index contributed by atoms with van der Waals surface area (Å²) in [5.41, 5.74) is 3.81. The Morgan fingerprint density at radius 1 is 1.12 bits per heavy atom. The summed E-state index contributed by atoms with van der Waals surface area (Å²) in [7, 11) is 0. The maximum absolute atomic E-state index is 13.1. The molecule has 0 radical (unpaired) electrons. The van der Waals surface area contributed by atoms with E-state index < -0.39 is 5.97 Å². The van der Waals surface area contributed by atoms with Crippen LogP contribution in [0.5, 0.6) is 0 Å². The van der Waals surface area contributed by atoms with Crippen LogP contribution in [0.3, 0.4) is 0 Å². The number of carboxylic acid groups (broad SMARTS) is 1. The quantitative estimate of drug-likeness (QED) is 0.539. The van der Waals surface area contributed by atoms with Crippen molar-refractivity contribution in [3.63, 3.8) is 0 Å². The van der Waals surface area contributed by atoms with Crippen molar-refractivity contribution in [2.45, 2.75) is 24.8 Å². The number of aliphatic carboxylic acids is 1. The molecular formula is C26H29FN2O3S. The highest BCUT2D eigenvalue weighted by molar-refractivity contribution is 8.00. The van der Waals surface area contributed by atoms with E-state index in [0.717, 1.165) is 56.0 Å². The van der Waals surface area contributed by atoms with Crippen molar-refractivity contribution in [2.24, 2.45) is 0 Å². The third kappa shape index (κ3) is 6.39. The molecule has 7 heteroatoms. The number of rotatable bonds is 9. The molecule has 0 aliphatic carbocycles. The van der Waals surface area contributed by atoms with Gasteiger partial charge in [-0.05, 0) is 66.1 Å². The Balaban J connectivity index is 1.40. The van der Waals surface area contributed by atoms with Gasteiger partial charge < -0.3 is 19.6 Å². The Morgan fingerprint density at radius 3 is 2.67 bits per heavy atom. The number of morpholine rings is 1. The van der Waals surface area contributed by atoms with Gasteiger partial charge in [0.1, 0.15) is 11.2 Å². The SMILES string of the molecule is O=C(O)C1=CC=CN(Cc2cccc(N3CCOCC3)c2)C1SCCCc1ccc(F)cc1. The topological polar surface area (TPSA) is 53.0 Å². The Kier molecular flexibility index (Phi) is 8.07. The van der Waals surface area contributed by atoms with Gasteiger partial charge in [0.2, 0.25) is 0 Å². The van der Waals surface area contributed by atoms with Crippen molar-refractivity contribution >= 4 is 23.4 Å². The maximum Gasteiger partial charge on any atom is 0.334 e. The van der Waals surface area contributed by atoms with Gasteiger partial charge in [0.25, 0.3) is 0 Å². The third-order valence-corrected chi connectivity index (χ3v) is 7.18. The molecule has 0 bridgehead atoms. The minimum absolute atomic E-state index is 0.230. The molecule has 2 heterocycles. The van der Waals surface area contributed by atoms with Crippen LogP contribution in [-0.4, -0.2) is 53.4 Å². The van der Waals surface area contributed by atoms with E-state index in [1.54, 1.807) is 30.0 Å². The van der Waals surface area contributed by atoms with E-state index in [4.69, 9.17) is 4.74 Å². The average Bonchev–Trinajstić information content (AvgIpc) is 2.84. The van der Waals surface area contributed by atoms with E-state index in [2.05, 4.69) is 34.1 Å². The smallest absolute Gasteiger partial charge is 0.334 e. The second-order valence-electron chi connectivity index (χ2n) is 8.16. The molecule has 5 nitrogen and oxygen atoms in total. The molecule has 0 amide bonds. The fraction of sp³-hybridized carbons (Fsp3) is 0.346. The number of nitrogens with zero attached hydrogens (tertiary/aromatic N) is 2. The zero-order valence-electron chi connectivity index (χ0n) is 18.5. The lowest BCUT2D eigenvalue weighted by molar-refractivity contribution is -0.133. The Hall–Kier alpha value is -2.77. The highest BCUT2D eigenvalue weighted by Crippen LogP contribution is 2.30. The predicted molar refractivity (Wildman–Crippen MR) is 131 cm³/mol. The van der Waals surface area contributed by atoms with Crippen LogP contribution in [0.4, 0.5) is 10.1 Å². The monoisotopic (exact) mass is 468 g/mol. The number of thioether (sulfide) groups is 1. The molecule has 0 saturated carbocycles. The summed E-state index contributed by atoms with van der Waals surface area (Å²) in [4.78, 5) is 16.3. The van der Waals surface area contributed by atoms with Crippen LogP contribution in [0, 0.1) is 5.82 Å². The molecule has 1 unspecified atom stereocenters. The van der Waals surface area contributed by atoms with E-state index in [1.165, 1.54) is 17.8 Å². The molecule has 1 saturated heterocycles. The molecule has 2 aromatic rings. The number of anilines is 1. The van der Waals surface area contributed by atoms with Gasteiger partial charge in [0.15, 0.2) is 0 Å². The minimum atomic E-state index is -0.887. The normalized spacial score (nSPS) is 18.3. The van der Waals surface area contributed by atoms with Crippen molar-refractivity contribution in [1.82, 2.24) is 4.90 Å². The summed E-state index contributed by atoms with van der Waals surface area (Å²) in [6.45, 7) is 3.87. The average molecular weight is 469 g/mol. The van der Waals surface area contributed by atoms with Crippen LogP contribution in [0.15, 0.2) is 72.5 Å². The first-order valence-corrected chi connectivity index (χ1v) is 12.3. The summed E-state index contributed by atoms with van der Waals surface area (Å²) in [5.74, 6) is -0.306. The van der Waals surface area contributed by atoms with Crippen LogP contribution in [0.2, 0.25) is 0 Å². The van der Waals surface area contributed by atoms with Crippen LogP contribution in [-0.2, 0) is 22.5 Å². The minimum Gasteiger partial charge on any atom is -0.478 e. The zero-order chi connectivity index (χ0) is 23.0. The Labute approximate surface area is 198 Å². The Bertz CT molecular complexity index is 1000. The van der Waals surface area contributed by atoms with Crippen molar-refractivity contribution in [2.75, 3.05) is 37.0 Å². The second kappa shape index (κ2) is 11.4. The highest BCUT2D eigenvalue weighted by Gasteiger charge is 2.27.